The van der Waals surface area contributed by atoms with E-state index in [1.165, 1.54) is 0 Å². The van der Waals surface area contributed by atoms with Crippen LogP contribution in [-0.4, -0.2) is 11.7 Å². The van der Waals surface area contributed by atoms with Crippen LogP contribution >= 0.6 is 0 Å². The van der Waals surface area contributed by atoms with Gasteiger partial charge in [-0.15, -0.1) is 6.42 Å². The van der Waals surface area contributed by atoms with Gasteiger partial charge in [0.25, 0.3) is 0 Å². The highest BCUT2D eigenvalue weighted by atomic mass is 16.3. The van der Waals surface area contributed by atoms with Crippen LogP contribution < -0.4 is 0 Å². The summed E-state index contributed by atoms with van der Waals surface area (Å²) in [5.74, 6) is 2.46. The molecule has 0 saturated carbocycles. The van der Waals surface area contributed by atoms with E-state index in [1.54, 1.807) is 6.08 Å². The Hall–Kier alpha value is -1.78. The molecule has 0 spiro atoms. The van der Waals surface area contributed by atoms with Gasteiger partial charge >= 0.3 is 0 Å². The highest BCUT2D eigenvalue weighted by Crippen LogP contribution is 2.18. The van der Waals surface area contributed by atoms with Gasteiger partial charge in [-0.1, -0.05) is 48.9 Å². The first-order chi connectivity index (χ1) is 6.83. The topological polar surface area (TPSA) is 20.2 Å². The van der Waals surface area contributed by atoms with Crippen molar-refractivity contribution in [2.45, 2.75) is 0 Å². The van der Waals surface area contributed by atoms with Crippen molar-refractivity contribution in [3.05, 3.63) is 54.1 Å². The Bertz CT molecular complexity index is 379. The Morgan fingerprint density at radius 1 is 1.43 bits per heavy atom. The summed E-state index contributed by atoms with van der Waals surface area (Å²) in [6.07, 6.45) is 6.95. The number of hydrogen-bond donors (Lipinski definition) is 1. The fraction of sp³-hybridized carbons (Fsp3) is 0.0769. The number of terminal acetylenes is 1. The lowest BCUT2D eigenvalue weighted by atomic mass is 10.0. The Balaban J connectivity index is 3.24. The molecule has 0 fully saturated rings. The summed E-state index contributed by atoms with van der Waals surface area (Å²) in [4.78, 5) is 0. The summed E-state index contributed by atoms with van der Waals surface area (Å²) in [6, 6.07) is 9.64. The molecule has 1 nitrogen and oxygen atoms in total. The third-order valence-electron chi connectivity index (χ3n) is 1.95. The van der Waals surface area contributed by atoms with E-state index < -0.39 is 0 Å². The van der Waals surface area contributed by atoms with E-state index in [0.29, 0.717) is 5.57 Å². The Kier molecular flexibility index (Phi) is 3.72. The highest BCUT2D eigenvalue weighted by Gasteiger charge is 2.02. The van der Waals surface area contributed by atoms with Crippen LogP contribution in [0.25, 0.3) is 5.57 Å². The van der Waals surface area contributed by atoms with E-state index in [-0.39, 0.29) is 6.61 Å². The van der Waals surface area contributed by atoms with Crippen LogP contribution in [0.2, 0.25) is 0 Å². The molecular formula is C13H12O. The van der Waals surface area contributed by atoms with E-state index in [4.69, 9.17) is 11.5 Å². The van der Waals surface area contributed by atoms with Crippen molar-refractivity contribution >= 4 is 5.57 Å². The molecule has 0 aliphatic carbocycles. The van der Waals surface area contributed by atoms with Crippen molar-refractivity contribution in [2.24, 2.45) is 0 Å². The van der Waals surface area contributed by atoms with Gasteiger partial charge in [0.1, 0.15) is 0 Å². The van der Waals surface area contributed by atoms with Crippen molar-refractivity contribution in [1.82, 2.24) is 0 Å². The molecule has 0 amide bonds. The van der Waals surface area contributed by atoms with Crippen LogP contribution in [0.1, 0.15) is 5.56 Å². The lowest BCUT2D eigenvalue weighted by Crippen LogP contribution is -1.92. The van der Waals surface area contributed by atoms with Gasteiger partial charge in [0.05, 0.1) is 6.61 Å². The van der Waals surface area contributed by atoms with Gasteiger partial charge in [0.2, 0.25) is 0 Å². The zero-order valence-corrected chi connectivity index (χ0v) is 7.90. The maximum absolute atomic E-state index is 9.04. The van der Waals surface area contributed by atoms with Gasteiger partial charge in [-0.2, -0.15) is 0 Å². The molecule has 0 bridgehead atoms. The number of aliphatic hydroxyl groups excluding tert-OH is 1. The summed E-state index contributed by atoms with van der Waals surface area (Å²) in [6.45, 7) is 3.56. The maximum atomic E-state index is 9.04. The molecule has 1 rings (SSSR count). The van der Waals surface area contributed by atoms with Gasteiger partial charge in [-0.05, 0) is 11.1 Å². The predicted molar refractivity (Wildman–Crippen MR) is 59.5 cm³/mol. The predicted octanol–water partition coefficient (Wildman–Crippen LogP) is 2.25. The molecule has 1 aromatic rings. The monoisotopic (exact) mass is 184 g/mol. The second-order valence-corrected chi connectivity index (χ2v) is 2.76. The van der Waals surface area contributed by atoms with Crippen LogP contribution in [0.15, 0.2) is 48.6 Å². The van der Waals surface area contributed by atoms with Crippen molar-refractivity contribution in [3.8, 4) is 12.3 Å². The molecule has 0 atom stereocenters. The summed E-state index contributed by atoms with van der Waals surface area (Å²) < 4.78 is 0. The minimum Gasteiger partial charge on any atom is -0.391 e. The standard InChI is InChI=1S/C13H12O/c1-3-11(10-14)13(4-2)12-8-6-5-7-9-12/h1,4-9,14H,2,10H2/b13-11+. The zero-order valence-electron chi connectivity index (χ0n) is 7.90. The normalized spacial score (nSPS) is 11.4. The molecule has 14 heavy (non-hydrogen) atoms. The SMILES string of the molecule is C#C/C(CO)=C(/C=C)c1ccccc1. The lowest BCUT2D eigenvalue weighted by molar-refractivity contribution is 0.336. The molecule has 0 heterocycles. The first kappa shape index (κ1) is 10.3. The molecule has 1 N–H and O–H groups in total. The molecule has 0 radical (unpaired) electrons. The van der Waals surface area contributed by atoms with Crippen LogP contribution in [0, 0.1) is 12.3 Å². The molecular weight excluding hydrogens is 172 g/mol. The molecule has 0 saturated heterocycles. The van der Waals surface area contributed by atoms with E-state index in [1.807, 2.05) is 30.3 Å². The summed E-state index contributed by atoms with van der Waals surface area (Å²) in [5, 5.41) is 9.04. The van der Waals surface area contributed by atoms with Gasteiger partial charge in [0, 0.05) is 5.57 Å². The lowest BCUT2D eigenvalue weighted by Gasteiger charge is -2.04. The molecule has 70 valence electrons. The second-order valence-electron chi connectivity index (χ2n) is 2.76. The fourth-order valence-corrected chi connectivity index (χ4v) is 1.24. The van der Waals surface area contributed by atoms with Crippen LogP contribution in [0.5, 0.6) is 0 Å². The minimum absolute atomic E-state index is 0.132. The summed E-state index contributed by atoms with van der Waals surface area (Å²) >= 11 is 0. The zero-order chi connectivity index (χ0) is 10.4. The molecule has 1 heteroatoms. The van der Waals surface area contributed by atoms with Gasteiger partial charge in [-0.25, -0.2) is 0 Å². The number of allylic oxidation sites excluding steroid dienone is 2. The second kappa shape index (κ2) is 5.06. The molecule has 0 aromatic heterocycles. The number of aliphatic hydroxyl groups is 1. The van der Waals surface area contributed by atoms with Crippen molar-refractivity contribution in [3.63, 3.8) is 0 Å². The first-order valence-corrected chi connectivity index (χ1v) is 4.32. The fourth-order valence-electron chi connectivity index (χ4n) is 1.24. The smallest absolute Gasteiger partial charge is 0.0766 e. The Labute approximate surface area is 84.4 Å². The van der Waals surface area contributed by atoms with E-state index >= 15 is 0 Å². The van der Waals surface area contributed by atoms with Crippen molar-refractivity contribution < 1.29 is 5.11 Å². The highest BCUT2D eigenvalue weighted by molar-refractivity contribution is 5.79. The molecule has 0 aliphatic rings. The maximum Gasteiger partial charge on any atom is 0.0766 e. The Morgan fingerprint density at radius 2 is 2.07 bits per heavy atom. The average molecular weight is 184 g/mol. The van der Waals surface area contributed by atoms with Gasteiger partial charge < -0.3 is 5.11 Å². The van der Waals surface area contributed by atoms with Crippen molar-refractivity contribution in [1.29, 1.82) is 0 Å². The van der Waals surface area contributed by atoms with Gasteiger partial charge in [0.15, 0.2) is 0 Å². The largest absolute Gasteiger partial charge is 0.391 e. The number of benzene rings is 1. The average Bonchev–Trinajstić information content (AvgIpc) is 2.27. The molecule has 1 aromatic carbocycles. The quantitative estimate of drug-likeness (QED) is 0.564. The third-order valence-corrected chi connectivity index (χ3v) is 1.95. The Morgan fingerprint density at radius 3 is 2.50 bits per heavy atom. The van der Waals surface area contributed by atoms with E-state index in [9.17, 15) is 0 Å². The van der Waals surface area contributed by atoms with E-state index in [0.717, 1.165) is 11.1 Å². The van der Waals surface area contributed by atoms with Crippen molar-refractivity contribution in [2.75, 3.05) is 6.61 Å². The van der Waals surface area contributed by atoms with Crippen LogP contribution in [0.4, 0.5) is 0 Å². The van der Waals surface area contributed by atoms with Crippen LogP contribution in [0.3, 0.4) is 0 Å². The number of hydrogen-bond acceptors (Lipinski definition) is 1. The first-order valence-electron chi connectivity index (χ1n) is 4.32. The minimum atomic E-state index is -0.132. The van der Waals surface area contributed by atoms with Gasteiger partial charge in [-0.3, -0.25) is 0 Å². The molecule has 0 aliphatic heterocycles. The summed E-state index contributed by atoms with van der Waals surface area (Å²) in [7, 11) is 0. The third kappa shape index (κ3) is 2.12. The van der Waals surface area contributed by atoms with Crippen LogP contribution in [-0.2, 0) is 0 Å². The number of rotatable bonds is 3. The summed E-state index contributed by atoms with van der Waals surface area (Å²) in [5.41, 5.74) is 2.35. The van der Waals surface area contributed by atoms with E-state index in [2.05, 4.69) is 12.5 Å². The molecule has 0 unspecified atom stereocenters.